The fourth-order valence-electron chi connectivity index (χ4n) is 2.99. The predicted molar refractivity (Wildman–Crippen MR) is 104 cm³/mol. The van der Waals surface area contributed by atoms with Crippen molar-refractivity contribution in [3.63, 3.8) is 0 Å². The van der Waals surface area contributed by atoms with E-state index in [1.54, 1.807) is 20.0 Å². The van der Waals surface area contributed by atoms with E-state index in [2.05, 4.69) is 31.2 Å². The molecule has 6 heteroatoms. The van der Waals surface area contributed by atoms with Gasteiger partial charge < -0.3 is 15.2 Å². The Hall–Kier alpha value is -2.89. The molecule has 0 aliphatic rings. The van der Waals surface area contributed by atoms with Crippen molar-refractivity contribution in [3.8, 4) is 0 Å². The summed E-state index contributed by atoms with van der Waals surface area (Å²) in [5.41, 5.74) is 3.81. The fourth-order valence-corrected chi connectivity index (χ4v) is 2.99. The van der Waals surface area contributed by atoms with E-state index in [1.807, 2.05) is 31.2 Å². The first-order valence-electron chi connectivity index (χ1n) is 8.70. The molecule has 0 radical (unpaired) electrons. The minimum atomic E-state index is -0.181. The van der Waals surface area contributed by atoms with Crippen LogP contribution in [-0.4, -0.2) is 29.1 Å². The van der Waals surface area contributed by atoms with Crippen molar-refractivity contribution in [2.45, 2.75) is 26.9 Å². The second-order valence-corrected chi connectivity index (χ2v) is 6.24. The third-order valence-corrected chi connectivity index (χ3v) is 4.38. The summed E-state index contributed by atoms with van der Waals surface area (Å²) in [6.07, 6.45) is 0. The lowest BCUT2D eigenvalue weighted by Crippen LogP contribution is -2.38. The van der Waals surface area contributed by atoms with Gasteiger partial charge in [0.15, 0.2) is 5.96 Å². The van der Waals surface area contributed by atoms with Gasteiger partial charge in [0.1, 0.15) is 11.6 Å². The van der Waals surface area contributed by atoms with Crippen molar-refractivity contribution in [3.05, 3.63) is 65.2 Å². The van der Waals surface area contributed by atoms with Crippen molar-refractivity contribution in [2.24, 2.45) is 4.99 Å². The highest BCUT2D eigenvalue weighted by molar-refractivity contribution is 5.79. The van der Waals surface area contributed by atoms with Crippen LogP contribution >= 0.6 is 0 Å². The Morgan fingerprint density at radius 2 is 1.96 bits per heavy atom. The van der Waals surface area contributed by atoms with E-state index in [9.17, 15) is 4.39 Å². The van der Waals surface area contributed by atoms with E-state index in [1.165, 1.54) is 6.07 Å². The SMILES string of the molecule is CN=C(NCCn1c(C)nc2ccccc21)NCc1ccc(F)c(C)c1. The van der Waals surface area contributed by atoms with Crippen LogP contribution in [0.1, 0.15) is 17.0 Å². The summed E-state index contributed by atoms with van der Waals surface area (Å²) in [5.74, 6) is 1.53. The van der Waals surface area contributed by atoms with Gasteiger partial charge in [0.2, 0.25) is 0 Å². The number of hydrogen-bond acceptors (Lipinski definition) is 2. The Balaban J connectivity index is 1.55. The highest BCUT2D eigenvalue weighted by Gasteiger charge is 2.06. The minimum Gasteiger partial charge on any atom is -0.355 e. The topological polar surface area (TPSA) is 54.2 Å². The van der Waals surface area contributed by atoms with Crippen molar-refractivity contribution < 1.29 is 4.39 Å². The maximum atomic E-state index is 13.3. The number of aliphatic imine (C=N–C) groups is 1. The van der Waals surface area contributed by atoms with Crippen LogP contribution in [0, 0.1) is 19.7 Å². The molecule has 0 saturated heterocycles. The van der Waals surface area contributed by atoms with Gasteiger partial charge in [-0.2, -0.15) is 0 Å². The lowest BCUT2D eigenvalue weighted by atomic mass is 10.1. The largest absolute Gasteiger partial charge is 0.355 e. The minimum absolute atomic E-state index is 0.181. The van der Waals surface area contributed by atoms with Crippen molar-refractivity contribution in [1.29, 1.82) is 0 Å². The van der Waals surface area contributed by atoms with Crippen LogP contribution in [0.3, 0.4) is 0 Å². The molecule has 0 bridgehead atoms. The monoisotopic (exact) mass is 353 g/mol. The molecule has 136 valence electrons. The molecule has 3 rings (SSSR count). The van der Waals surface area contributed by atoms with E-state index >= 15 is 0 Å². The summed E-state index contributed by atoms with van der Waals surface area (Å²) < 4.78 is 15.5. The predicted octanol–water partition coefficient (Wildman–Crippen LogP) is 3.16. The third kappa shape index (κ3) is 4.02. The first kappa shape index (κ1) is 17.9. The van der Waals surface area contributed by atoms with Gasteiger partial charge in [-0.05, 0) is 43.2 Å². The lowest BCUT2D eigenvalue weighted by Gasteiger charge is -2.13. The number of nitrogens with one attached hydrogen (secondary N) is 2. The van der Waals surface area contributed by atoms with Gasteiger partial charge in [0.25, 0.3) is 0 Å². The number of fused-ring (bicyclic) bond motifs is 1. The molecule has 2 aromatic carbocycles. The zero-order valence-electron chi connectivity index (χ0n) is 15.4. The molecule has 0 atom stereocenters. The van der Waals surface area contributed by atoms with E-state index < -0.39 is 0 Å². The molecule has 5 nitrogen and oxygen atoms in total. The van der Waals surface area contributed by atoms with E-state index in [0.717, 1.165) is 35.5 Å². The molecule has 0 unspecified atom stereocenters. The number of halogens is 1. The van der Waals surface area contributed by atoms with Crippen molar-refractivity contribution in [2.75, 3.05) is 13.6 Å². The summed E-state index contributed by atoms with van der Waals surface area (Å²) in [7, 11) is 1.74. The highest BCUT2D eigenvalue weighted by Crippen LogP contribution is 2.14. The van der Waals surface area contributed by atoms with Crippen LogP contribution in [0.4, 0.5) is 4.39 Å². The highest BCUT2D eigenvalue weighted by atomic mass is 19.1. The quantitative estimate of drug-likeness (QED) is 0.547. The Labute approximate surface area is 153 Å². The normalized spacial score (nSPS) is 11.8. The summed E-state index contributed by atoms with van der Waals surface area (Å²) in [6.45, 7) is 5.90. The molecule has 3 aromatic rings. The summed E-state index contributed by atoms with van der Waals surface area (Å²) in [5, 5.41) is 6.57. The maximum Gasteiger partial charge on any atom is 0.191 e. The molecule has 0 amide bonds. The molecular weight excluding hydrogens is 329 g/mol. The number of guanidine groups is 1. The van der Waals surface area contributed by atoms with Gasteiger partial charge in [-0.3, -0.25) is 4.99 Å². The molecule has 0 saturated carbocycles. The van der Waals surface area contributed by atoms with Gasteiger partial charge in [0, 0.05) is 26.7 Å². The molecular formula is C20H24FN5. The number of rotatable bonds is 5. The zero-order valence-corrected chi connectivity index (χ0v) is 15.4. The second-order valence-electron chi connectivity index (χ2n) is 6.24. The Bertz CT molecular complexity index is 929. The second kappa shape index (κ2) is 7.99. The van der Waals surface area contributed by atoms with Crippen LogP contribution in [-0.2, 0) is 13.1 Å². The van der Waals surface area contributed by atoms with Crippen molar-refractivity contribution in [1.82, 2.24) is 20.2 Å². The van der Waals surface area contributed by atoms with Crippen LogP contribution in [0.2, 0.25) is 0 Å². The van der Waals surface area contributed by atoms with E-state index in [0.29, 0.717) is 18.1 Å². The Morgan fingerprint density at radius 1 is 1.15 bits per heavy atom. The van der Waals surface area contributed by atoms with Gasteiger partial charge in [-0.1, -0.05) is 24.3 Å². The van der Waals surface area contributed by atoms with Gasteiger partial charge in [0.05, 0.1) is 11.0 Å². The molecule has 1 heterocycles. The molecule has 0 fully saturated rings. The standard InChI is InChI=1S/C20H24FN5/c1-14-12-16(8-9-17(14)21)13-24-20(22-3)23-10-11-26-15(2)25-18-6-4-5-7-19(18)26/h4-9,12H,10-11,13H2,1-3H3,(H2,22,23,24). The summed E-state index contributed by atoms with van der Waals surface area (Å²) in [6, 6.07) is 13.3. The lowest BCUT2D eigenvalue weighted by molar-refractivity contribution is 0.617. The molecule has 0 aliphatic heterocycles. The van der Waals surface area contributed by atoms with Gasteiger partial charge >= 0.3 is 0 Å². The number of nitrogens with zero attached hydrogens (tertiary/aromatic N) is 3. The Morgan fingerprint density at radius 3 is 2.73 bits per heavy atom. The number of imidazole rings is 1. The molecule has 26 heavy (non-hydrogen) atoms. The molecule has 1 aromatic heterocycles. The summed E-state index contributed by atoms with van der Waals surface area (Å²) in [4.78, 5) is 8.82. The van der Waals surface area contributed by atoms with Gasteiger partial charge in [-0.25, -0.2) is 9.37 Å². The number of hydrogen-bond donors (Lipinski definition) is 2. The fraction of sp³-hybridized carbons (Fsp3) is 0.300. The van der Waals surface area contributed by atoms with Crippen LogP contribution in [0.5, 0.6) is 0 Å². The molecule has 2 N–H and O–H groups in total. The molecule has 0 aliphatic carbocycles. The first-order chi connectivity index (χ1) is 12.6. The van der Waals surface area contributed by atoms with E-state index in [-0.39, 0.29) is 5.82 Å². The number of aromatic nitrogens is 2. The zero-order chi connectivity index (χ0) is 18.5. The third-order valence-electron chi connectivity index (χ3n) is 4.38. The smallest absolute Gasteiger partial charge is 0.191 e. The average Bonchev–Trinajstić information content (AvgIpc) is 2.96. The van der Waals surface area contributed by atoms with Crippen LogP contribution in [0.25, 0.3) is 11.0 Å². The van der Waals surface area contributed by atoms with Crippen molar-refractivity contribution >= 4 is 17.0 Å². The van der Waals surface area contributed by atoms with Crippen LogP contribution < -0.4 is 10.6 Å². The van der Waals surface area contributed by atoms with Crippen LogP contribution in [0.15, 0.2) is 47.5 Å². The van der Waals surface area contributed by atoms with E-state index in [4.69, 9.17) is 0 Å². The maximum absolute atomic E-state index is 13.3. The molecule has 0 spiro atoms. The number of benzene rings is 2. The first-order valence-corrected chi connectivity index (χ1v) is 8.70. The number of para-hydroxylation sites is 2. The Kier molecular flexibility index (Phi) is 5.51. The average molecular weight is 353 g/mol. The summed E-state index contributed by atoms with van der Waals surface area (Å²) >= 11 is 0. The van der Waals surface area contributed by atoms with Gasteiger partial charge in [-0.15, -0.1) is 0 Å². The number of aryl methyl sites for hydroxylation is 2.